The summed E-state index contributed by atoms with van der Waals surface area (Å²) in [5.74, 6) is 0. The molecule has 2 heteroatoms. The topological polar surface area (TPSA) is 36.2 Å². The van der Waals surface area contributed by atoms with Gasteiger partial charge in [-0.25, -0.2) is 0 Å². The van der Waals surface area contributed by atoms with Gasteiger partial charge in [-0.15, -0.1) is 0 Å². The predicted molar refractivity (Wildman–Crippen MR) is 48.6 cm³/mol. The van der Waals surface area contributed by atoms with Crippen LogP contribution in [0.5, 0.6) is 0 Å². The van der Waals surface area contributed by atoms with Crippen molar-refractivity contribution in [2.75, 3.05) is 0 Å². The first-order valence-electron chi connectivity index (χ1n) is 3.71. The molecule has 0 aliphatic heterocycles. The minimum Gasteiger partial charge on any atom is -0.299 e. The van der Waals surface area contributed by atoms with Crippen LogP contribution >= 0.6 is 0 Å². The lowest BCUT2D eigenvalue weighted by atomic mass is 10.1. The van der Waals surface area contributed by atoms with Gasteiger partial charge in [0, 0.05) is 6.04 Å². The second-order valence-electron chi connectivity index (χ2n) is 2.74. The molecule has 0 bridgehead atoms. The van der Waals surface area contributed by atoms with Crippen LogP contribution in [0.15, 0.2) is 29.3 Å². The van der Waals surface area contributed by atoms with Crippen LogP contribution in [-0.4, -0.2) is 17.5 Å². The van der Waals surface area contributed by atoms with Crippen LogP contribution in [0.25, 0.3) is 0 Å². The van der Waals surface area contributed by atoms with Gasteiger partial charge in [-0.2, -0.15) is 0 Å². The summed E-state index contributed by atoms with van der Waals surface area (Å²) in [7, 11) is 0. The van der Waals surface area contributed by atoms with Crippen LogP contribution in [0, 0.1) is 5.41 Å². The second kappa shape index (κ2) is 3.28. The SMILES string of the molecule is CC(C)N=C1C=CC=CC1=N. The van der Waals surface area contributed by atoms with E-state index in [0.717, 1.165) is 5.71 Å². The van der Waals surface area contributed by atoms with E-state index in [4.69, 9.17) is 5.41 Å². The second-order valence-corrected chi connectivity index (χ2v) is 2.74. The summed E-state index contributed by atoms with van der Waals surface area (Å²) < 4.78 is 0. The predicted octanol–water partition coefficient (Wildman–Crippen LogP) is 1.98. The van der Waals surface area contributed by atoms with E-state index in [-0.39, 0.29) is 6.04 Å². The summed E-state index contributed by atoms with van der Waals surface area (Å²) >= 11 is 0. The van der Waals surface area contributed by atoms with Crippen LogP contribution in [0.2, 0.25) is 0 Å². The van der Waals surface area contributed by atoms with Crippen molar-refractivity contribution in [2.45, 2.75) is 19.9 Å². The van der Waals surface area contributed by atoms with Gasteiger partial charge >= 0.3 is 0 Å². The van der Waals surface area contributed by atoms with Gasteiger partial charge in [-0.3, -0.25) is 10.4 Å². The Morgan fingerprint density at radius 1 is 1.27 bits per heavy atom. The van der Waals surface area contributed by atoms with E-state index < -0.39 is 0 Å². The van der Waals surface area contributed by atoms with Crippen LogP contribution in [-0.2, 0) is 0 Å². The third-order valence-electron chi connectivity index (χ3n) is 1.30. The summed E-state index contributed by atoms with van der Waals surface area (Å²) in [4.78, 5) is 4.27. The Labute approximate surface area is 66.9 Å². The van der Waals surface area contributed by atoms with Crippen LogP contribution in [0.3, 0.4) is 0 Å². The lowest BCUT2D eigenvalue weighted by molar-refractivity contribution is 0.839. The van der Waals surface area contributed by atoms with Gasteiger partial charge in [0.1, 0.15) is 0 Å². The van der Waals surface area contributed by atoms with Gasteiger partial charge < -0.3 is 0 Å². The number of hydrogen-bond acceptors (Lipinski definition) is 2. The molecule has 58 valence electrons. The zero-order chi connectivity index (χ0) is 8.27. The summed E-state index contributed by atoms with van der Waals surface area (Å²) in [5.41, 5.74) is 1.28. The number of allylic oxidation sites excluding steroid dienone is 4. The van der Waals surface area contributed by atoms with Crippen molar-refractivity contribution in [3.05, 3.63) is 24.3 Å². The summed E-state index contributed by atoms with van der Waals surface area (Å²) in [6, 6.07) is 0.265. The molecule has 0 amide bonds. The fourth-order valence-corrected chi connectivity index (χ4v) is 0.864. The first kappa shape index (κ1) is 7.92. The highest BCUT2D eigenvalue weighted by atomic mass is 14.8. The van der Waals surface area contributed by atoms with Crippen molar-refractivity contribution >= 4 is 11.4 Å². The molecule has 1 aliphatic rings. The molecular weight excluding hydrogens is 136 g/mol. The first-order valence-corrected chi connectivity index (χ1v) is 3.71. The van der Waals surface area contributed by atoms with Gasteiger partial charge in [0.25, 0.3) is 0 Å². The molecule has 0 saturated heterocycles. The van der Waals surface area contributed by atoms with E-state index in [1.54, 1.807) is 6.08 Å². The minimum absolute atomic E-state index is 0.265. The smallest absolute Gasteiger partial charge is 0.0826 e. The number of nitrogens with one attached hydrogen (secondary N) is 1. The summed E-state index contributed by atoms with van der Waals surface area (Å²) in [6.45, 7) is 4.01. The van der Waals surface area contributed by atoms with Crippen molar-refractivity contribution < 1.29 is 0 Å². The van der Waals surface area contributed by atoms with Gasteiger partial charge in [-0.1, -0.05) is 12.2 Å². The van der Waals surface area contributed by atoms with Gasteiger partial charge in [0.05, 0.1) is 11.4 Å². The molecule has 0 unspecified atom stereocenters. The fraction of sp³-hybridized carbons (Fsp3) is 0.333. The lowest BCUT2D eigenvalue weighted by Crippen LogP contribution is -2.11. The van der Waals surface area contributed by atoms with Crippen molar-refractivity contribution in [3.8, 4) is 0 Å². The number of hydrogen-bond donors (Lipinski definition) is 1. The third-order valence-corrected chi connectivity index (χ3v) is 1.30. The monoisotopic (exact) mass is 148 g/mol. The quantitative estimate of drug-likeness (QED) is 0.552. The van der Waals surface area contributed by atoms with Crippen LogP contribution in [0.4, 0.5) is 0 Å². The van der Waals surface area contributed by atoms with Gasteiger partial charge in [-0.05, 0) is 26.0 Å². The van der Waals surface area contributed by atoms with E-state index in [1.807, 2.05) is 32.1 Å². The Kier molecular flexibility index (Phi) is 2.36. The molecule has 0 atom stereocenters. The molecule has 1 aliphatic carbocycles. The average molecular weight is 148 g/mol. The average Bonchev–Trinajstić information content (AvgIpc) is 1.93. The molecule has 1 rings (SSSR count). The molecule has 0 aromatic carbocycles. The maximum atomic E-state index is 7.47. The highest BCUT2D eigenvalue weighted by molar-refractivity contribution is 6.50. The molecule has 1 N–H and O–H groups in total. The molecule has 0 saturated carbocycles. The lowest BCUT2D eigenvalue weighted by Gasteiger charge is -2.04. The van der Waals surface area contributed by atoms with E-state index in [0.29, 0.717) is 5.71 Å². The zero-order valence-corrected chi connectivity index (χ0v) is 6.83. The van der Waals surface area contributed by atoms with E-state index >= 15 is 0 Å². The van der Waals surface area contributed by atoms with Gasteiger partial charge in [0.2, 0.25) is 0 Å². The highest BCUT2D eigenvalue weighted by Crippen LogP contribution is 1.98. The van der Waals surface area contributed by atoms with Crippen molar-refractivity contribution in [1.82, 2.24) is 0 Å². The van der Waals surface area contributed by atoms with Crippen LogP contribution in [0.1, 0.15) is 13.8 Å². The third kappa shape index (κ3) is 2.15. The Bertz CT molecular complexity index is 244. The molecular formula is C9H12N2. The van der Waals surface area contributed by atoms with E-state index in [9.17, 15) is 0 Å². The molecule has 0 heterocycles. The maximum Gasteiger partial charge on any atom is 0.0826 e. The van der Waals surface area contributed by atoms with Crippen molar-refractivity contribution in [1.29, 1.82) is 5.41 Å². The molecule has 0 aromatic heterocycles. The molecule has 0 spiro atoms. The molecule has 0 fully saturated rings. The normalized spacial score (nSPS) is 20.3. The first-order chi connectivity index (χ1) is 5.20. The van der Waals surface area contributed by atoms with Gasteiger partial charge in [0.15, 0.2) is 0 Å². The maximum absolute atomic E-state index is 7.47. The van der Waals surface area contributed by atoms with Crippen molar-refractivity contribution in [3.63, 3.8) is 0 Å². The summed E-state index contributed by atoms with van der Waals surface area (Å²) in [5, 5.41) is 7.47. The number of aliphatic imine (C=N–C) groups is 1. The molecule has 0 radical (unpaired) electrons. The number of nitrogens with zero attached hydrogens (tertiary/aromatic N) is 1. The highest BCUT2D eigenvalue weighted by Gasteiger charge is 2.02. The van der Waals surface area contributed by atoms with E-state index in [2.05, 4.69) is 4.99 Å². The van der Waals surface area contributed by atoms with Crippen LogP contribution < -0.4 is 0 Å². The van der Waals surface area contributed by atoms with Crippen molar-refractivity contribution in [2.24, 2.45) is 4.99 Å². The standard InChI is InChI=1S/C9H12N2/c1-7(2)11-9-6-4-3-5-8(9)10/h3-7,10H,1-2H3. The summed E-state index contributed by atoms with van der Waals surface area (Å²) in [6.07, 6.45) is 7.37. The largest absolute Gasteiger partial charge is 0.299 e. The Morgan fingerprint density at radius 2 is 1.91 bits per heavy atom. The zero-order valence-electron chi connectivity index (χ0n) is 6.83. The minimum atomic E-state index is 0.265. The molecule has 0 aromatic rings. The Hall–Kier alpha value is -1.18. The Balaban J connectivity index is 2.81. The Morgan fingerprint density at radius 3 is 2.45 bits per heavy atom. The molecule has 11 heavy (non-hydrogen) atoms. The van der Waals surface area contributed by atoms with E-state index in [1.165, 1.54) is 0 Å². The number of rotatable bonds is 1. The molecule has 2 nitrogen and oxygen atoms in total. The fourth-order valence-electron chi connectivity index (χ4n) is 0.864.